The highest BCUT2D eigenvalue weighted by Crippen LogP contribution is 2.26. The van der Waals surface area contributed by atoms with Crippen molar-refractivity contribution >= 4 is 0 Å². The molecule has 3 aromatic rings. The molecule has 0 saturated heterocycles. The second-order valence-corrected chi connectivity index (χ2v) is 5.42. The molecule has 2 aromatic heterocycles. The Balaban J connectivity index is 1.69. The first-order chi connectivity index (χ1) is 12.2. The maximum absolute atomic E-state index is 9.30. The number of benzene rings is 1. The minimum atomic E-state index is 0.205. The van der Waals surface area contributed by atoms with Gasteiger partial charge in [0.15, 0.2) is 0 Å². The largest absolute Gasteiger partial charge is 0.489 e. The van der Waals surface area contributed by atoms with E-state index in [0.717, 1.165) is 16.9 Å². The van der Waals surface area contributed by atoms with Gasteiger partial charge < -0.3 is 9.47 Å². The number of nitrogens with zero attached hydrogens (tertiary/aromatic N) is 4. The highest BCUT2D eigenvalue weighted by atomic mass is 16.5. The summed E-state index contributed by atoms with van der Waals surface area (Å²) >= 11 is 0. The molecule has 3 rings (SSSR count). The highest BCUT2D eigenvalue weighted by Gasteiger charge is 2.12. The molecule has 0 unspecified atom stereocenters. The number of hydrogen-bond donors (Lipinski definition) is 0. The second-order valence-electron chi connectivity index (χ2n) is 5.42. The Hall–Kier alpha value is -3.46. The summed E-state index contributed by atoms with van der Waals surface area (Å²) in [5.74, 6) is 1.48. The Bertz CT molecular complexity index is 903. The van der Waals surface area contributed by atoms with Crippen molar-refractivity contribution in [3.63, 3.8) is 0 Å². The summed E-state index contributed by atoms with van der Waals surface area (Å²) in [7, 11) is 0. The lowest BCUT2D eigenvalue weighted by Crippen LogP contribution is -2.00. The van der Waals surface area contributed by atoms with Gasteiger partial charge in [-0.3, -0.25) is 4.98 Å². The Labute approximate surface area is 145 Å². The summed E-state index contributed by atoms with van der Waals surface area (Å²) in [4.78, 5) is 3.97. The van der Waals surface area contributed by atoms with Crippen molar-refractivity contribution in [2.24, 2.45) is 0 Å². The molecule has 1 aromatic carbocycles. The van der Waals surface area contributed by atoms with Crippen molar-refractivity contribution in [1.29, 1.82) is 5.26 Å². The van der Waals surface area contributed by atoms with Gasteiger partial charge in [-0.05, 0) is 61.4 Å². The zero-order chi connectivity index (χ0) is 17.6. The van der Waals surface area contributed by atoms with E-state index in [1.807, 2.05) is 26.0 Å². The van der Waals surface area contributed by atoms with Crippen LogP contribution in [0.15, 0.2) is 48.8 Å². The zero-order valence-electron chi connectivity index (χ0n) is 13.9. The maximum Gasteiger partial charge on any atom is 0.257 e. The van der Waals surface area contributed by atoms with E-state index in [0.29, 0.717) is 23.6 Å². The molecule has 0 atom stereocenters. The molecule has 25 heavy (non-hydrogen) atoms. The molecule has 6 heteroatoms. The first-order valence-electron chi connectivity index (χ1n) is 7.71. The summed E-state index contributed by atoms with van der Waals surface area (Å²) in [5.41, 5.74) is 2.92. The molecule has 0 saturated carbocycles. The molecule has 124 valence electrons. The van der Waals surface area contributed by atoms with Crippen LogP contribution in [0.2, 0.25) is 0 Å². The second kappa shape index (κ2) is 7.41. The molecule has 6 nitrogen and oxygen atoms in total. The van der Waals surface area contributed by atoms with Crippen LogP contribution in [0.25, 0.3) is 0 Å². The van der Waals surface area contributed by atoms with E-state index in [2.05, 4.69) is 21.3 Å². The summed E-state index contributed by atoms with van der Waals surface area (Å²) < 4.78 is 11.4. The third-order valence-electron chi connectivity index (χ3n) is 3.73. The van der Waals surface area contributed by atoms with Crippen LogP contribution in [0.4, 0.5) is 0 Å². The maximum atomic E-state index is 9.30. The highest BCUT2D eigenvalue weighted by molar-refractivity contribution is 5.46. The molecular weight excluding hydrogens is 316 g/mol. The average molecular weight is 332 g/mol. The fourth-order valence-corrected chi connectivity index (χ4v) is 2.15. The molecule has 0 amide bonds. The number of aromatic nitrogens is 3. The molecule has 0 aliphatic rings. The Kier molecular flexibility index (Phi) is 4.86. The third kappa shape index (κ3) is 3.90. The van der Waals surface area contributed by atoms with Gasteiger partial charge in [0.1, 0.15) is 29.7 Å². The van der Waals surface area contributed by atoms with Crippen molar-refractivity contribution in [2.45, 2.75) is 20.5 Å². The van der Waals surface area contributed by atoms with Gasteiger partial charge in [-0.25, -0.2) is 0 Å². The van der Waals surface area contributed by atoms with Gasteiger partial charge in [0.2, 0.25) is 0 Å². The van der Waals surface area contributed by atoms with Gasteiger partial charge in [-0.1, -0.05) is 0 Å². The number of hydrogen-bond acceptors (Lipinski definition) is 6. The van der Waals surface area contributed by atoms with Crippen molar-refractivity contribution < 1.29 is 9.47 Å². The zero-order valence-corrected chi connectivity index (χ0v) is 13.9. The topological polar surface area (TPSA) is 80.9 Å². The van der Waals surface area contributed by atoms with Crippen LogP contribution in [0.3, 0.4) is 0 Å². The van der Waals surface area contributed by atoms with Crippen LogP contribution in [-0.2, 0) is 6.61 Å². The predicted octanol–water partition coefficient (Wildman–Crippen LogP) is 3.73. The monoisotopic (exact) mass is 332 g/mol. The lowest BCUT2D eigenvalue weighted by atomic mass is 10.1. The number of rotatable bonds is 5. The Morgan fingerprint density at radius 3 is 2.32 bits per heavy atom. The molecular formula is C19H16N4O2. The van der Waals surface area contributed by atoms with Gasteiger partial charge in [-0.2, -0.15) is 10.4 Å². The molecule has 0 bridgehead atoms. The molecule has 0 N–H and O–H groups in total. The van der Waals surface area contributed by atoms with E-state index in [-0.39, 0.29) is 5.88 Å². The van der Waals surface area contributed by atoms with Crippen LogP contribution in [0, 0.1) is 25.2 Å². The van der Waals surface area contributed by atoms with Crippen LogP contribution in [-0.4, -0.2) is 15.2 Å². The van der Waals surface area contributed by atoms with Crippen molar-refractivity contribution in [3.05, 3.63) is 71.2 Å². The van der Waals surface area contributed by atoms with Crippen LogP contribution in [0.1, 0.15) is 22.4 Å². The minimum absolute atomic E-state index is 0.205. The summed E-state index contributed by atoms with van der Waals surface area (Å²) in [6, 6.07) is 13.1. The molecule has 2 heterocycles. The SMILES string of the molecule is Cc1nnc(Oc2ccc(OCc3ccncc3)cc2)c(C#N)c1C. The van der Waals surface area contributed by atoms with Crippen molar-refractivity contribution in [2.75, 3.05) is 0 Å². The van der Waals surface area contributed by atoms with E-state index >= 15 is 0 Å². The van der Waals surface area contributed by atoms with Crippen molar-refractivity contribution in [3.8, 4) is 23.4 Å². The fourth-order valence-electron chi connectivity index (χ4n) is 2.15. The summed E-state index contributed by atoms with van der Waals surface area (Å²) in [5, 5.41) is 17.3. The van der Waals surface area contributed by atoms with Crippen LogP contribution >= 0.6 is 0 Å². The van der Waals surface area contributed by atoms with Crippen molar-refractivity contribution in [1.82, 2.24) is 15.2 Å². The fraction of sp³-hybridized carbons (Fsp3) is 0.158. The smallest absolute Gasteiger partial charge is 0.257 e. The molecule has 0 radical (unpaired) electrons. The number of ether oxygens (including phenoxy) is 2. The molecule has 0 spiro atoms. The molecule has 0 fully saturated rings. The molecule has 0 aliphatic heterocycles. The number of nitriles is 1. The lowest BCUT2D eigenvalue weighted by Gasteiger charge is -2.10. The van der Waals surface area contributed by atoms with Gasteiger partial charge in [0, 0.05) is 12.4 Å². The van der Waals surface area contributed by atoms with E-state index < -0.39 is 0 Å². The Morgan fingerprint density at radius 2 is 1.64 bits per heavy atom. The van der Waals surface area contributed by atoms with Gasteiger partial charge in [0.25, 0.3) is 5.88 Å². The van der Waals surface area contributed by atoms with Gasteiger partial charge >= 0.3 is 0 Å². The van der Waals surface area contributed by atoms with E-state index in [1.54, 1.807) is 36.7 Å². The average Bonchev–Trinajstić information content (AvgIpc) is 2.65. The number of aryl methyl sites for hydroxylation is 1. The standard InChI is InChI=1S/C19H16N4O2/c1-13-14(2)22-23-19(18(13)11-20)25-17-5-3-16(4-6-17)24-12-15-7-9-21-10-8-15/h3-10H,12H2,1-2H3. The first kappa shape index (κ1) is 16.4. The lowest BCUT2D eigenvalue weighted by molar-refractivity contribution is 0.305. The van der Waals surface area contributed by atoms with Crippen LogP contribution < -0.4 is 9.47 Å². The predicted molar refractivity (Wildman–Crippen MR) is 91.3 cm³/mol. The quantitative estimate of drug-likeness (QED) is 0.708. The molecule has 0 aliphatic carbocycles. The summed E-state index contributed by atoms with van der Waals surface area (Å²) in [6.07, 6.45) is 3.46. The summed E-state index contributed by atoms with van der Waals surface area (Å²) in [6.45, 7) is 4.09. The third-order valence-corrected chi connectivity index (χ3v) is 3.73. The Morgan fingerprint density at radius 1 is 0.960 bits per heavy atom. The normalized spacial score (nSPS) is 10.1. The van der Waals surface area contributed by atoms with Gasteiger partial charge in [0.05, 0.1) is 5.69 Å². The van der Waals surface area contributed by atoms with Crippen LogP contribution in [0.5, 0.6) is 17.4 Å². The van der Waals surface area contributed by atoms with E-state index in [9.17, 15) is 5.26 Å². The van der Waals surface area contributed by atoms with E-state index in [4.69, 9.17) is 9.47 Å². The van der Waals surface area contributed by atoms with E-state index in [1.165, 1.54) is 0 Å². The number of pyridine rings is 1. The minimum Gasteiger partial charge on any atom is -0.489 e. The first-order valence-corrected chi connectivity index (χ1v) is 7.71. The van der Waals surface area contributed by atoms with Gasteiger partial charge in [-0.15, -0.1) is 5.10 Å².